The molecule has 142 valence electrons. The van der Waals surface area contributed by atoms with Crippen LogP contribution in [0.3, 0.4) is 0 Å². The number of rotatable bonds is 5. The van der Waals surface area contributed by atoms with Crippen LogP contribution in [-0.4, -0.2) is 47.8 Å². The van der Waals surface area contributed by atoms with Crippen molar-refractivity contribution < 1.29 is 14.0 Å². The molecule has 2 amide bonds. The Bertz CT molecular complexity index is 840. The Hall–Kier alpha value is -2.73. The zero-order valence-electron chi connectivity index (χ0n) is 15.6. The standard InChI is InChI=1S/C21H24FN3O2/c1-15(21(27)25-11-10-16-6-3-4-7-17(16)13-25)24(2)14-20(26)23-19-9-5-8-18(22)12-19/h3-9,12,15H,10-11,13-14H2,1-2H3,(H,23,26)/t15-/m1/s1. The summed E-state index contributed by atoms with van der Waals surface area (Å²) in [6.07, 6.45) is 0.846. The first kappa shape index (κ1) is 19.0. The molecule has 0 saturated heterocycles. The van der Waals surface area contributed by atoms with E-state index in [4.69, 9.17) is 0 Å². The summed E-state index contributed by atoms with van der Waals surface area (Å²) in [5.41, 5.74) is 2.87. The van der Waals surface area contributed by atoms with Gasteiger partial charge in [0.2, 0.25) is 11.8 Å². The molecule has 1 atom stereocenters. The molecule has 1 heterocycles. The quantitative estimate of drug-likeness (QED) is 0.882. The summed E-state index contributed by atoms with van der Waals surface area (Å²) in [7, 11) is 1.74. The Balaban J connectivity index is 1.56. The van der Waals surface area contributed by atoms with Crippen molar-refractivity contribution >= 4 is 17.5 Å². The number of halogens is 1. The lowest BCUT2D eigenvalue weighted by Crippen LogP contribution is -2.49. The van der Waals surface area contributed by atoms with Crippen molar-refractivity contribution in [1.29, 1.82) is 0 Å². The van der Waals surface area contributed by atoms with Crippen LogP contribution >= 0.6 is 0 Å². The molecule has 6 heteroatoms. The minimum absolute atomic E-state index is 0.00515. The fourth-order valence-electron chi connectivity index (χ4n) is 3.27. The number of carbonyl (C=O) groups excluding carboxylic acids is 2. The Kier molecular flexibility index (Phi) is 5.86. The summed E-state index contributed by atoms with van der Waals surface area (Å²) >= 11 is 0. The minimum Gasteiger partial charge on any atom is -0.337 e. The fraction of sp³-hybridized carbons (Fsp3) is 0.333. The first-order chi connectivity index (χ1) is 12.9. The van der Waals surface area contributed by atoms with Gasteiger partial charge in [0.25, 0.3) is 0 Å². The van der Waals surface area contributed by atoms with E-state index in [1.54, 1.807) is 24.9 Å². The molecule has 0 aliphatic carbocycles. The van der Waals surface area contributed by atoms with Crippen LogP contribution in [-0.2, 0) is 22.6 Å². The molecule has 27 heavy (non-hydrogen) atoms. The van der Waals surface area contributed by atoms with Crippen LogP contribution in [0.5, 0.6) is 0 Å². The highest BCUT2D eigenvalue weighted by molar-refractivity contribution is 5.92. The Morgan fingerprint density at radius 2 is 1.93 bits per heavy atom. The normalized spacial score (nSPS) is 14.6. The maximum atomic E-state index is 13.2. The van der Waals surface area contributed by atoms with E-state index in [0.29, 0.717) is 18.8 Å². The third-order valence-electron chi connectivity index (χ3n) is 4.96. The van der Waals surface area contributed by atoms with Crippen LogP contribution < -0.4 is 5.32 Å². The second-order valence-electron chi connectivity index (χ2n) is 6.93. The lowest BCUT2D eigenvalue weighted by molar-refractivity contribution is -0.137. The van der Waals surface area contributed by atoms with E-state index in [0.717, 1.165) is 6.42 Å². The fourth-order valence-corrected chi connectivity index (χ4v) is 3.27. The highest BCUT2D eigenvalue weighted by atomic mass is 19.1. The Morgan fingerprint density at radius 3 is 2.67 bits per heavy atom. The summed E-state index contributed by atoms with van der Waals surface area (Å²) < 4.78 is 13.2. The van der Waals surface area contributed by atoms with Gasteiger partial charge >= 0.3 is 0 Å². The molecule has 0 aromatic heterocycles. The first-order valence-corrected chi connectivity index (χ1v) is 9.05. The number of benzene rings is 2. The number of amides is 2. The van der Waals surface area contributed by atoms with E-state index in [9.17, 15) is 14.0 Å². The van der Waals surface area contributed by atoms with Gasteiger partial charge in [-0.1, -0.05) is 30.3 Å². The van der Waals surface area contributed by atoms with Gasteiger partial charge in [0.1, 0.15) is 5.82 Å². The Labute approximate surface area is 158 Å². The molecule has 5 nitrogen and oxygen atoms in total. The van der Waals surface area contributed by atoms with Gasteiger partial charge in [0.15, 0.2) is 0 Å². The number of hydrogen-bond donors (Lipinski definition) is 1. The largest absolute Gasteiger partial charge is 0.337 e. The van der Waals surface area contributed by atoms with Crippen LogP contribution in [0.25, 0.3) is 0 Å². The van der Waals surface area contributed by atoms with Crippen LogP contribution in [0.1, 0.15) is 18.1 Å². The molecule has 0 fully saturated rings. The van der Waals surface area contributed by atoms with Gasteiger partial charge in [0, 0.05) is 18.8 Å². The number of nitrogens with zero attached hydrogens (tertiary/aromatic N) is 2. The van der Waals surface area contributed by atoms with Crippen LogP contribution in [0.15, 0.2) is 48.5 Å². The summed E-state index contributed by atoms with van der Waals surface area (Å²) in [6.45, 7) is 3.14. The number of fused-ring (bicyclic) bond motifs is 1. The predicted molar refractivity (Wildman–Crippen MR) is 103 cm³/mol. The summed E-state index contributed by atoms with van der Waals surface area (Å²) in [6, 6.07) is 13.5. The third-order valence-corrected chi connectivity index (χ3v) is 4.96. The lowest BCUT2D eigenvalue weighted by Gasteiger charge is -2.33. The highest BCUT2D eigenvalue weighted by Gasteiger charge is 2.27. The van der Waals surface area contributed by atoms with Crippen LogP contribution in [0.4, 0.5) is 10.1 Å². The second kappa shape index (κ2) is 8.31. The molecule has 0 saturated carbocycles. The Morgan fingerprint density at radius 1 is 1.19 bits per heavy atom. The summed E-state index contributed by atoms with van der Waals surface area (Å²) in [4.78, 5) is 28.6. The zero-order valence-corrected chi connectivity index (χ0v) is 15.6. The third kappa shape index (κ3) is 4.71. The minimum atomic E-state index is -0.423. The highest BCUT2D eigenvalue weighted by Crippen LogP contribution is 2.19. The van der Waals surface area contributed by atoms with Crippen molar-refractivity contribution in [3.63, 3.8) is 0 Å². The molecule has 1 aliphatic heterocycles. The molecule has 1 N–H and O–H groups in total. The van der Waals surface area contributed by atoms with Crippen LogP contribution in [0, 0.1) is 5.82 Å². The predicted octanol–water partition coefficient (Wildman–Crippen LogP) is 2.67. The SMILES string of the molecule is C[C@H](C(=O)N1CCc2ccccc2C1)N(C)CC(=O)Nc1cccc(F)c1. The van der Waals surface area contributed by atoms with Crippen molar-refractivity contribution in [3.8, 4) is 0 Å². The maximum Gasteiger partial charge on any atom is 0.239 e. The van der Waals surface area contributed by atoms with E-state index in [-0.39, 0.29) is 18.4 Å². The topological polar surface area (TPSA) is 52.7 Å². The molecule has 0 bridgehead atoms. The molecule has 2 aromatic carbocycles. The molecule has 2 aromatic rings. The van der Waals surface area contributed by atoms with E-state index in [1.807, 2.05) is 17.0 Å². The number of anilines is 1. The molecular weight excluding hydrogens is 345 g/mol. The molecular formula is C21H24FN3O2. The van der Waals surface area contributed by atoms with Gasteiger partial charge in [0.05, 0.1) is 12.6 Å². The van der Waals surface area contributed by atoms with Crippen molar-refractivity contribution in [2.75, 3.05) is 25.5 Å². The smallest absolute Gasteiger partial charge is 0.239 e. The number of carbonyl (C=O) groups is 2. The molecule has 3 rings (SSSR count). The van der Waals surface area contributed by atoms with Crippen molar-refractivity contribution in [2.45, 2.75) is 25.9 Å². The first-order valence-electron chi connectivity index (χ1n) is 9.05. The average molecular weight is 369 g/mol. The second-order valence-corrected chi connectivity index (χ2v) is 6.93. The summed E-state index contributed by atoms with van der Waals surface area (Å²) in [5.74, 6) is -0.688. The van der Waals surface area contributed by atoms with Gasteiger partial charge in [-0.15, -0.1) is 0 Å². The van der Waals surface area contributed by atoms with Gasteiger partial charge in [-0.2, -0.15) is 0 Å². The van der Waals surface area contributed by atoms with E-state index in [1.165, 1.54) is 29.3 Å². The van der Waals surface area contributed by atoms with Gasteiger partial charge in [-0.25, -0.2) is 4.39 Å². The maximum absolute atomic E-state index is 13.2. The summed E-state index contributed by atoms with van der Waals surface area (Å²) in [5, 5.41) is 2.65. The van der Waals surface area contributed by atoms with Gasteiger partial charge in [-0.05, 0) is 49.7 Å². The van der Waals surface area contributed by atoms with E-state index >= 15 is 0 Å². The van der Waals surface area contributed by atoms with Crippen molar-refractivity contribution in [2.24, 2.45) is 0 Å². The zero-order chi connectivity index (χ0) is 19.4. The number of hydrogen-bond acceptors (Lipinski definition) is 3. The van der Waals surface area contributed by atoms with E-state index < -0.39 is 11.9 Å². The van der Waals surface area contributed by atoms with Gasteiger partial charge < -0.3 is 10.2 Å². The molecule has 0 spiro atoms. The van der Waals surface area contributed by atoms with E-state index in [2.05, 4.69) is 17.4 Å². The molecule has 1 aliphatic rings. The number of likely N-dealkylation sites (N-methyl/N-ethyl adjacent to an activating group) is 1. The molecule has 0 unspecified atom stereocenters. The monoisotopic (exact) mass is 369 g/mol. The van der Waals surface area contributed by atoms with Crippen molar-refractivity contribution in [1.82, 2.24) is 9.80 Å². The molecule has 0 radical (unpaired) electrons. The van der Waals surface area contributed by atoms with Gasteiger partial charge in [-0.3, -0.25) is 14.5 Å². The van der Waals surface area contributed by atoms with Crippen LogP contribution in [0.2, 0.25) is 0 Å². The lowest BCUT2D eigenvalue weighted by atomic mass is 9.99. The average Bonchev–Trinajstić information content (AvgIpc) is 2.66. The van der Waals surface area contributed by atoms with Crippen molar-refractivity contribution in [3.05, 3.63) is 65.5 Å². The number of nitrogens with one attached hydrogen (secondary N) is 1.